The fraction of sp³-hybridized carbons (Fsp3) is 0.333. The normalized spacial score (nSPS) is 21.4. The van der Waals surface area contributed by atoms with E-state index in [9.17, 15) is 9.18 Å². The van der Waals surface area contributed by atoms with E-state index < -0.39 is 5.82 Å². The van der Waals surface area contributed by atoms with Crippen LogP contribution in [0.1, 0.15) is 19.3 Å². The molecule has 0 saturated heterocycles. The van der Waals surface area contributed by atoms with Crippen LogP contribution in [-0.4, -0.2) is 21.6 Å². The zero-order chi connectivity index (χ0) is 14.8. The van der Waals surface area contributed by atoms with Crippen LogP contribution in [0.4, 0.5) is 10.2 Å². The Hall–Kier alpha value is -2.21. The number of nitrogens with zero attached hydrogens (tertiary/aromatic N) is 2. The predicted octanol–water partition coefficient (Wildman–Crippen LogP) is 1.66. The molecule has 3 rings (SSSR count). The maximum atomic E-state index is 13.2. The van der Waals surface area contributed by atoms with Crippen molar-refractivity contribution >= 4 is 5.82 Å². The lowest BCUT2D eigenvalue weighted by atomic mass is 10.2. The van der Waals surface area contributed by atoms with E-state index >= 15 is 0 Å². The molecule has 3 N–H and O–H groups in total. The molecule has 6 heteroatoms. The Morgan fingerprint density at radius 1 is 1.29 bits per heavy atom. The number of aromatic nitrogens is 2. The number of hydrogen-bond acceptors (Lipinski definition) is 4. The molecule has 0 spiro atoms. The van der Waals surface area contributed by atoms with E-state index in [-0.39, 0.29) is 11.6 Å². The summed E-state index contributed by atoms with van der Waals surface area (Å²) < 4.78 is 14.4. The summed E-state index contributed by atoms with van der Waals surface area (Å²) in [5.74, 6) is 0.277. The van der Waals surface area contributed by atoms with Crippen LogP contribution < -0.4 is 16.6 Å². The summed E-state index contributed by atoms with van der Waals surface area (Å²) in [4.78, 5) is 16.0. The molecule has 5 nitrogen and oxygen atoms in total. The maximum absolute atomic E-state index is 13.2. The quantitative estimate of drug-likeness (QED) is 0.901. The highest BCUT2D eigenvalue weighted by molar-refractivity contribution is 5.41. The number of nitrogens with two attached hydrogens (primary N) is 1. The summed E-state index contributed by atoms with van der Waals surface area (Å²) in [6, 6.07) is 6.47. The molecule has 0 bridgehead atoms. The van der Waals surface area contributed by atoms with Crippen molar-refractivity contribution in [1.82, 2.24) is 9.55 Å². The highest BCUT2D eigenvalue weighted by Crippen LogP contribution is 2.21. The predicted molar refractivity (Wildman–Crippen MR) is 79.0 cm³/mol. The lowest BCUT2D eigenvalue weighted by molar-refractivity contribution is 0.612. The van der Waals surface area contributed by atoms with E-state index in [1.807, 2.05) is 0 Å². The standard InChI is InChI=1S/C15H17FN4O/c16-10-1-6-15(21)20(9-10)13-4-5-14(18-8-13)19-12-3-2-11(17)7-12/h1,4-6,8-9,11-12H,2-3,7,17H2,(H,18,19)/t11-,12-/m0/s1. The Kier molecular flexibility index (Phi) is 3.70. The second-order valence-electron chi connectivity index (χ2n) is 5.37. The van der Waals surface area contributed by atoms with Gasteiger partial charge in [-0.05, 0) is 37.5 Å². The Morgan fingerprint density at radius 2 is 2.14 bits per heavy atom. The number of halogens is 1. The molecule has 0 aliphatic heterocycles. The van der Waals surface area contributed by atoms with E-state index in [1.165, 1.54) is 10.6 Å². The molecule has 110 valence electrons. The van der Waals surface area contributed by atoms with Crippen molar-refractivity contribution in [3.05, 3.63) is 52.8 Å². The van der Waals surface area contributed by atoms with Gasteiger partial charge in [0.2, 0.25) is 0 Å². The second kappa shape index (κ2) is 5.65. The Labute approximate surface area is 121 Å². The topological polar surface area (TPSA) is 72.9 Å². The van der Waals surface area contributed by atoms with Crippen molar-refractivity contribution in [2.75, 3.05) is 5.32 Å². The Bertz CT molecular complexity index is 683. The molecule has 1 fully saturated rings. The minimum absolute atomic E-state index is 0.257. The van der Waals surface area contributed by atoms with Crippen LogP contribution in [0.5, 0.6) is 0 Å². The molecular formula is C15H17FN4O. The van der Waals surface area contributed by atoms with Gasteiger partial charge in [-0.3, -0.25) is 9.36 Å². The maximum Gasteiger partial charge on any atom is 0.255 e. The van der Waals surface area contributed by atoms with Gasteiger partial charge in [0.15, 0.2) is 0 Å². The monoisotopic (exact) mass is 288 g/mol. The van der Waals surface area contributed by atoms with E-state index in [4.69, 9.17) is 5.73 Å². The van der Waals surface area contributed by atoms with Gasteiger partial charge in [0.1, 0.15) is 11.6 Å². The molecular weight excluding hydrogens is 271 g/mol. The number of rotatable bonds is 3. The minimum atomic E-state index is -0.461. The first kappa shape index (κ1) is 13.8. The summed E-state index contributed by atoms with van der Waals surface area (Å²) in [6.45, 7) is 0. The van der Waals surface area contributed by atoms with Gasteiger partial charge in [0.25, 0.3) is 5.56 Å². The van der Waals surface area contributed by atoms with Crippen molar-refractivity contribution in [2.45, 2.75) is 31.3 Å². The first-order chi connectivity index (χ1) is 10.1. The Balaban J connectivity index is 1.77. The number of hydrogen-bond donors (Lipinski definition) is 2. The van der Waals surface area contributed by atoms with Gasteiger partial charge < -0.3 is 11.1 Å². The van der Waals surface area contributed by atoms with E-state index in [0.29, 0.717) is 11.7 Å². The number of anilines is 1. The molecule has 2 atom stereocenters. The molecule has 0 unspecified atom stereocenters. The highest BCUT2D eigenvalue weighted by Gasteiger charge is 2.21. The average Bonchev–Trinajstić information content (AvgIpc) is 2.88. The lowest BCUT2D eigenvalue weighted by Crippen LogP contribution is -2.21. The van der Waals surface area contributed by atoms with Crippen LogP contribution in [0, 0.1) is 5.82 Å². The molecule has 1 aliphatic carbocycles. The SMILES string of the molecule is N[C@H]1CC[C@H](Nc2ccc(-n3cc(F)ccc3=O)cn2)C1. The first-order valence-corrected chi connectivity index (χ1v) is 6.98. The van der Waals surface area contributed by atoms with Gasteiger partial charge in [-0.1, -0.05) is 0 Å². The zero-order valence-electron chi connectivity index (χ0n) is 11.5. The van der Waals surface area contributed by atoms with Crippen molar-refractivity contribution in [1.29, 1.82) is 0 Å². The molecule has 1 aliphatic rings. The highest BCUT2D eigenvalue weighted by atomic mass is 19.1. The number of pyridine rings is 2. The van der Waals surface area contributed by atoms with Gasteiger partial charge in [0.05, 0.1) is 11.9 Å². The van der Waals surface area contributed by atoms with Gasteiger partial charge in [-0.25, -0.2) is 9.37 Å². The Morgan fingerprint density at radius 3 is 2.81 bits per heavy atom. The van der Waals surface area contributed by atoms with Gasteiger partial charge in [-0.15, -0.1) is 0 Å². The van der Waals surface area contributed by atoms with Crippen LogP contribution in [0.3, 0.4) is 0 Å². The van der Waals surface area contributed by atoms with Crippen molar-refractivity contribution in [2.24, 2.45) is 5.73 Å². The summed E-state index contributed by atoms with van der Waals surface area (Å²) in [6.07, 6.45) is 5.70. The van der Waals surface area contributed by atoms with Crippen LogP contribution in [-0.2, 0) is 0 Å². The fourth-order valence-electron chi connectivity index (χ4n) is 2.63. The third-order valence-electron chi connectivity index (χ3n) is 3.73. The molecule has 2 aromatic rings. The van der Waals surface area contributed by atoms with Crippen LogP contribution in [0.2, 0.25) is 0 Å². The molecule has 21 heavy (non-hydrogen) atoms. The fourth-order valence-corrected chi connectivity index (χ4v) is 2.63. The third kappa shape index (κ3) is 3.11. The van der Waals surface area contributed by atoms with Crippen LogP contribution >= 0.6 is 0 Å². The molecule has 0 radical (unpaired) electrons. The van der Waals surface area contributed by atoms with E-state index in [1.54, 1.807) is 18.3 Å². The molecule has 0 amide bonds. The number of nitrogens with one attached hydrogen (secondary N) is 1. The molecule has 2 aromatic heterocycles. The summed E-state index contributed by atoms with van der Waals surface area (Å²) in [5.41, 5.74) is 6.12. The van der Waals surface area contributed by atoms with Gasteiger partial charge in [0, 0.05) is 24.3 Å². The minimum Gasteiger partial charge on any atom is -0.367 e. The molecule has 2 heterocycles. The second-order valence-corrected chi connectivity index (χ2v) is 5.37. The summed E-state index contributed by atoms with van der Waals surface area (Å²) in [5, 5.41) is 3.32. The van der Waals surface area contributed by atoms with Crippen molar-refractivity contribution in [3.63, 3.8) is 0 Å². The van der Waals surface area contributed by atoms with Crippen molar-refractivity contribution in [3.8, 4) is 5.69 Å². The van der Waals surface area contributed by atoms with Gasteiger partial charge >= 0.3 is 0 Å². The first-order valence-electron chi connectivity index (χ1n) is 6.98. The molecule has 1 saturated carbocycles. The summed E-state index contributed by atoms with van der Waals surface area (Å²) >= 11 is 0. The smallest absolute Gasteiger partial charge is 0.255 e. The molecule has 0 aromatic carbocycles. The largest absolute Gasteiger partial charge is 0.367 e. The van der Waals surface area contributed by atoms with Crippen LogP contribution in [0.15, 0.2) is 41.5 Å². The van der Waals surface area contributed by atoms with Gasteiger partial charge in [-0.2, -0.15) is 0 Å². The van der Waals surface area contributed by atoms with E-state index in [2.05, 4.69) is 10.3 Å². The van der Waals surface area contributed by atoms with E-state index in [0.717, 1.165) is 37.3 Å². The van der Waals surface area contributed by atoms with Crippen LogP contribution in [0.25, 0.3) is 5.69 Å². The zero-order valence-corrected chi connectivity index (χ0v) is 11.5. The lowest BCUT2D eigenvalue weighted by Gasteiger charge is -2.13. The average molecular weight is 288 g/mol. The van der Waals surface area contributed by atoms with Crippen molar-refractivity contribution < 1.29 is 4.39 Å². The summed E-state index contributed by atoms with van der Waals surface area (Å²) in [7, 11) is 0. The third-order valence-corrected chi connectivity index (χ3v) is 3.73.